The molecule has 0 bridgehead atoms. The maximum atomic E-state index is 11.9. The molecule has 0 amide bonds. The van der Waals surface area contributed by atoms with Crippen molar-refractivity contribution in [1.29, 1.82) is 0 Å². The summed E-state index contributed by atoms with van der Waals surface area (Å²) >= 11 is 1.84. The van der Waals surface area contributed by atoms with Gasteiger partial charge in [-0.2, -0.15) is 0 Å². The Hall–Kier alpha value is -0.910. The summed E-state index contributed by atoms with van der Waals surface area (Å²) in [6, 6.07) is 0. The number of aromatic nitrogens is 3. The summed E-state index contributed by atoms with van der Waals surface area (Å²) < 4.78 is 4.21. The minimum absolute atomic E-state index is 0.0482. The molecule has 6 heteroatoms. The smallest absolute Gasteiger partial charge is 0.252 e. The third-order valence-electron chi connectivity index (χ3n) is 6.33. The van der Waals surface area contributed by atoms with Gasteiger partial charge in [0.05, 0.1) is 19.6 Å². The largest absolute Gasteiger partial charge is 0.392 e. The number of hydrogen-bond acceptors (Lipinski definition) is 2. The van der Waals surface area contributed by atoms with Gasteiger partial charge in [-0.3, -0.25) is 4.58 Å². The van der Waals surface area contributed by atoms with Gasteiger partial charge < -0.3 is 0 Å². The second kappa shape index (κ2) is 15.8. The Bertz CT molecular complexity index is 643. The molecule has 1 N–H and O–H groups in total. The third-order valence-corrected chi connectivity index (χ3v) is 7.40. The zero-order chi connectivity index (χ0) is 21.4. The van der Waals surface area contributed by atoms with E-state index in [1.807, 2.05) is 21.2 Å². The average Bonchev–Trinajstić information content (AvgIpc) is 3.22. The second-order valence-corrected chi connectivity index (χ2v) is 9.93. The molecular formula is C24H47N4OS+. The number of hydrogen-bond donors (Lipinski definition) is 1. The quantitative estimate of drug-likeness (QED) is 0.218. The first-order valence-electron chi connectivity index (χ1n) is 12.9. The SMILES string of the molecule is CCCCCCCCCCCCCCCCCCn1c(=O)[nH]n1C1=[N+](CC)CCS1. The van der Waals surface area contributed by atoms with Crippen LogP contribution in [0.4, 0.5) is 0 Å². The van der Waals surface area contributed by atoms with Crippen LogP contribution in [0.25, 0.3) is 0 Å². The number of thioether (sulfide) groups is 1. The Morgan fingerprint density at radius 1 is 0.800 bits per heavy atom. The van der Waals surface area contributed by atoms with Gasteiger partial charge in [-0.25, -0.2) is 4.79 Å². The van der Waals surface area contributed by atoms with Crippen molar-refractivity contribution in [3.8, 4) is 0 Å². The molecule has 0 aromatic carbocycles. The summed E-state index contributed by atoms with van der Waals surface area (Å²) in [5.41, 5.74) is 0.0482. The number of aromatic amines is 1. The van der Waals surface area contributed by atoms with E-state index in [9.17, 15) is 4.79 Å². The van der Waals surface area contributed by atoms with Gasteiger partial charge in [0.1, 0.15) is 0 Å². The Labute approximate surface area is 188 Å². The molecule has 0 unspecified atom stereocenters. The predicted molar refractivity (Wildman–Crippen MR) is 131 cm³/mol. The molecule has 0 fully saturated rings. The van der Waals surface area contributed by atoms with Crippen LogP contribution in [0.3, 0.4) is 0 Å². The van der Waals surface area contributed by atoms with Crippen LogP contribution in [0.15, 0.2) is 4.79 Å². The molecule has 1 aliphatic heterocycles. The first-order chi connectivity index (χ1) is 14.8. The summed E-state index contributed by atoms with van der Waals surface area (Å²) in [4.78, 5) is 13.9. The molecule has 30 heavy (non-hydrogen) atoms. The van der Waals surface area contributed by atoms with E-state index in [2.05, 4.69) is 23.5 Å². The Kier molecular flexibility index (Phi) is 13.4. The van der Waals surface area contributed by atoms with Gasteiger partial charge in [-0.1, -0.05) is 103 Å². The molecule has 0 radical (unpaired) electrons. The van der Waals surface area contributed by atoms with E-state index in [4.69, 9.17) is 0 Å². The van der Waals surface area contributed by atoms with E-state index < -0.39 is 0 Å². The first kappa shape index (κ1) is 25.4. The standard InChI is InChI=1S/C24H46N4OS/c1-3-5-6-7-8-9-10-11-12-13-14-15-16-17-18-19-20-27-23(29)25-28(27)24-26(4-2)21-22-30-24/h3-22H2,1-2H3/p+1. The maximum Gasteiger partial charge on any atom is 0.392 e. The predicted octanol–water partition coefficient (Wildman–Crippen LogP) is 6.22. The van der Waals surface area contributed by atoms with E-state index in [0.29, 0.717) is 0 Å². The third kappa shape index (κ3) is 9.07. The molecule has 0 atom stereocenters. The molecule has 1 aromatic heterocycles. The van der Waals surface area contributed by atoms with Crippen LogP contribution in [-0.4, -0.2) is 43.2 Å². The lowest BCUT2D eigenvalue weighted by Crippen LogP contribution is -2.46. The lowest BCUT2D eigenvalue weighted by molar-refractivity contribution is -0.516. The van der Waals surface area contributed by atoms with Crippen molar-refractivity contribution in [1.82, 2.24) is 14.6 Å². The highest BCUT2D eigenvalue weighted by Gasteiger charge is 2.28. The van der Waals surface area contributed by atoms with Gasteiger partial charge in [-0.15, -0.1) is 9.78 Å². The van der Waals surface area contributed by atoms with Gasteiger partial charge in [0.2, 0.25) is 0 Å². The number of H-pyrrole nitrogens is 1. The van der Waals surface area contributed by atoms with Crippen LogP contribution in [-0.2, 0) is 6.54 Å². The molecular weight excluding hydrogens is 392 g/mol. The molecule has 2 rings (SSSR count). The molecule has 0 aliphatic carbocycles. The zero-order valence-corrected chi connectivity index (χ0v) is 20.6. The lowest BCUT2D eigenvalue weighted by atomic mass is 10.0. The molecule has 2 heterocycles. The van der Waals surface area contributed by atoms with Gasteiger partial charge in [0, 0.05) is 5.75 Å². The number of unbranched alkanes of at least 4 members (excludes halogenated alkanes) is 15. The summed E-state index contributed by atoms with van der Waals surface area (Å²) in [6.07, 6.45) is 22.1. The van der Waals surface area contributed by atoms with Gasteiger partial charge in [0.15, 0.2) is 0 Å². The lowest BCUT2D eigenvalue weighted by Gasteiger charge is -2.12. The highest BCUT2D eigenvalue weighted by atomic mass is 32.2. The van der Waals surface area contributed by atoms with Gasteiger partial charge in [0.25, 0.3) is 0 Å². The second-order valence-electron chi connectivity index (χ2n) is 8.87. The number of nitrogens with one attached hydrogen (secondary N) is 1. The minimum Gasteiger partial charge on any atom is -0.252 e. The van der Waals surface area contributed by atoms with Crippen LogP contribution >= 0.6 is 11.8 Å². The van der Waals surface area contributed by atoms with Crippen molar-refractivity contribution >= 4 is 16.9 Å². The summed E-state index contributed by atoms with van der Waals surface area (Å²) in [5, 5.41) is 4.11. The Morgan fingerprint density at radius 2 is 1.30 bits per heavy atom. The molecule has 1 aromatic rings. The normalized spacial score (nSPS) is 14.3. The molecule has 5 nitrogen and oxygen atoms in total. The van der Waals surface area contributed by atoms with Crippen molar-refractivity contribution in [2.45, 2.75) is 123 Å². The topological polar surface area (TPSA) is 45.7 Å². The Morgan fingerprint density at radius 3 is 1.77 bits per heavy atom. The fourth-order valence-corrected chi connectivity index (χ4v) is 5.50. The van der Waals surface area contributed by atoms with E-state index in [1.54, 1.807) is 0 Å². The van der Waals surface area contributed by atoms with Crippen molar-refractivity contribution < 1.29 is 4.58 Å². The van der Waals surface area contributed by atoms with Crippen LogP contribution in [0, 0.1) is 0 Å². The van der Waals surface area contributed by atoms with Gasteiger partial charge >= 0.3 is 10.9 Å². The monoisotopic (exact) mass is 439 g/mol. The van der Waals surface area contributed by atoms with Crippen molar-refractivity contribution in [2.24, 2.45) is 0 Å². The van der Waals surface area contributed by atoms with E-state index in [-0.39, 0.29) is 5.69 Å². The summed E-state index contributed by atoms with van der Waals surface area (Å²) in [6.45, 7) is 7.38. The maximum absolute atomic E-state index is 11.9. The van der Waals surface area contributed by atoms with Crippen LogP contribution in [0.1, 0.15) is 117 Å². The molecule has 174 valence electrons. The van der Waals surface area contributed by atoms with E-state index in [1.165, 1.54) is 101 Å². The fraction of sp³-hybridized carbons (Fsp3) is 0.917. The zero-order valence-electron chi connectivity index (χ0n) is 19.8. The fourth-order valence-electron chi connectivity index (χ4n) is 4.34. The van der Waals surface area contributed by atoms with Crippen LogP contribution < -0.4 is 5.69 Å². The van der Waals surface area contributed by atoms with E-state index in [0.717, 1.165) is 31.8 Å². The summed E-state index contributed by atoms with van der Waals surface area (Å²) in [7, 11) is 0. The average molecular weight is 440 g/mol. The van der Waals surface area contributed by atoms with E-state index >= 15 is 0 Å². The number of nitrogens with zero attached hydrogens (tertiary/aromatic N) is 3. The highest BCUT2D eigenvalue weighted by Crippen LogP contribution is 2.15. The minimum atomic E-state index is 0.0482. The molecule has 0 saturated carbocycles. The Balaban J connectivity index is 1.41. The van der Waals surface area contributed by atoms with Crippen molar-refractivity contribution in [3.05, 3.63) is 10.5 Å². The highest BCUT2D eigenvalue weighted by molar-refractivity contribution is 8.13. The van der Waals surface area contributed by atoms with Crippen LogP contribution in [0.5, 0.6) is 0 Å². The molecule has 0 saturated heterocycles. The molecule has 0 spiro atoms. The first-order valence-corrected chi connectivity index (χ1v) is 13.9. The van der Waals surface area contributed by atoms with Crippen molar-refractivity contribution in [3.63, 3.8) is 0 Å². The van der Waals surface area contributed by atoms with Crippen molar-refractivity contribution in [2.75, 3.05) is 18.8 Å². The van der Waals surface area contributed by atoms with Crippen LogP contribution in [0.2, 0.25) is 0 Å². The van der Waals surface area contributed by atoms with Gasteiger partial charge in [-0.05, 0) is 29.9 Å². The summed E-state index contributed by atoms with van der Waals surface area (Å²) in [5.74, 6) is 1.11. The molecule has 1 aliphatic rings. The number of rotatable bonds is 18.